The summed E-state index contributed by atoms with van der Waals surface area (Å²) in [5, 5.41) is 3.92. The summed E-state index contributed by atoms with van der Waals surface area (Å²) in [6, 6.07) is 6.64. The van der Waals surface area contributed by atoms with E-state index in [1.165, 1.54) is 16.8 Å². The van der Waals surface area contributed by atoms with E-state index in [4.69, 9.17) is 9.47 Å². The Labute approximate surface area is 159 Å². The Bertz CT molecular complexity index is 877. The number of aryl methyl sites for hydroxylation is 1. The Balaban J connectivity index is 2.17. The summed E-state index contributed by atoms with van der Waals surface area (Å²) in [4.78, 5) is 24.3. The van der Waals surface area contributed by atoms with Gasteiger partial charge in [0.15, 0.2) is 11.5 Å². The lowest BCUT2D eigenvalue weighted by atomic mass is 10.2. The van der Waals surface area contributed by atoms with Crippen LogP contribution in [0.15, 0.2) is 44.8 Å². The van der Waals surface area contributed by atoms with Crippen LogP contribution in [0.25, 0.3) is 0 Å². The number of benzene rings is 1. The quantitative estimate of drug-likeness (QED) is 0.550. The molecule has 0 fully saturated rings. The maximum Gasteiger partial charge on any atom is 0.276 e. The van der Waals surface area contributed by atoms with E-state index in [9.17, 15) is 9.59 Å². The monoisotopic (exact) mass is 421 g/mol. The van der Waals surface area contributed by atoms with Crippen LogP contribution in [0.4, 0.5) is 0 Å². The average Bonchev–Trinajstić information content (AvgIpc) is 2.63. The molecule has 138 valence electrons. The Morgan fingerprint density at radius 1 is 1.38 bits per heavy atom. The number of methoxy groups -OCH3 is 1. The number of nitrogens with one attached hydrogen (secondary N) is 1. The van der Waals surface area contributed by atoms with Crippen LogP contribution in [-0.4, -0.2) is 30.4 Å². The topological polar surface area (TPSA) is 81.9 Å². The van der Waals surface area contributed by atoms with Crippen molar-refractivity contribution in [2.75, 3.05) is 13.7 Å². The summed E-state index contributed by atoms with van der Waals surface area (Å²) in [5.41, 5.74) is 2.74. The van der Waals surface area contributed by atoms with Gasteiger partial charge in [0.1, 0.15) is 5.56 Å². The van der Waals surface area contributed by atoms with Gasteiger partial charge in [-0.05, 0) is 59.6 Å². The molecule has 0 bridgehead atoms. The van der Waals surface area contributed by atoms with Crippen LogP contribution in [0.1, 0.15) is 29.8 Å². The van der Waals surface area contributed by atoms with Gasteiger partial charge in [-0.1, -0.05) is 0 Å². The molecule has 8 heteroatoms. The van der Waals surface area contributed by atoms with Crippen molar-refractivity contribution in [1.82, 2.24) is 9.99 Å². The molecular formula is C18H20BrN3O4. The van der Waals surface area contributed by atoms with Crippen LogP contribution in [0.2, 0.25) is 0 Å². The van der Waals surface area contributed by atoms with Crippen molar-refractivity contribution in [3.8, 4) is 11.5 Å². The van der Waals surface area contributed by atoms with Crippen LogP contribution in [0, 0.1) is 0 Å². The molecule has 0 atom stereocenters. The van der Waals surface area contributed by atoms with Gasteiger partial charge in [0.25, 0.3) is 11.5 Å². The minimum atomic E-state index is -0.564. The van der Waals surface area contributed by atoms with Gasteiger partial charge in [0, 0.05) is 12.7 Å². The van der Waals surface area contributed by atoms with E-state index in [1.807, 2.05) is 13.8 Å². The second-order valence-electron chi connectivity index (χ2n) is 5.18. The molecular weight excluding hydrogens is 402 g/mol. The van der Waals surface area contributed by atoms with Crippen molar-refractivity contribution in [2.24, 2.45) is 5.10 Å². The smallest absolute Gasteiger partial charge is 0.276 e. The summed E-state index contributed by atoms with van der Waals surface area (Å²) in [5.74, 6) is 0.578. The van der Waals surface area contributed by atoms with Gasteiger partial charge in [-0.3, -0.25) is 9.59 Å². The number of aromatic nitrogens is 1. The zero-order chi connectivity index (χ0) is 19.1. The van der Waals surface area contributed by atoms with Crippen molar-refractivity contribution in [1.29, 1.82) is 0 Å². The molecule has 0 aliphatic heterocycles. The van der Waals surface area contributed by atoms with Gasteiger partial charge in [-0.15, -0.1) is 0 Å². The molecule has 0 unspecified atom stereocenters. The minimum Gasteiger partial charge on any atom is -0.493 e. The highest BCUT2D eigenvalue weighted by atomic mass is 79.9. The molecule has 1 amide bonds. The number of ether oxygens (including phenoxy) is 2. The summed E-state index contributed by atoms with van der Waals surface area (Å²) in [7, 11) is 1.54. The molecule has 26 heavy (non-hydrogen) atoms. The molecule has 0 aliphatic carbocycles. The van der Waals surface area contributed by atoms with Crippen molar-refractivity contribution >= 4 is 28.1 Å². The van der Waals surface area contributed by atoms with Crippen LogP contribution < -0.4 is 20.5 Å². The summed E-state index contributed by atoms with van der Waals surface area (Å²) < 4.78 is 13.0. The fourth-order valence-electron chi connectivity index (χ4n) is 2.28. The molecule has 1 N–H and O–H groups in total. The summed E-state index contributed by atoms with van der Waals surface area (Å²) >= 11 is 3.42. The molecule has 1 heterocycles. The van der Waals surface area contributed by atoms with E-state index in [2.05, 4.69) is 26.5 Å². The largest absolute Gasteiger partial charge is 0.493 e. The van der Waals surface area contributed by atoms with Gasteiger partial charge in [-0.25, -0.2) is 5.43 Å². The van der Waals surface area contributed by atoms with Crippen LogP contribution >= 0.6 is 15.9 Å². The molecule has 2 rings (SSSR count). The minimum absolute atomic E-state index is 0.0388. The molecule has 0 saturated carbocycles. The fraction of sp³-hybridized carbons (Fsp3) is 0.278. The number of pyridine rings is 1. The number of carbonyl (C=O) groups is 1. The Kier molecular flexibility index (Phi) is 6.97. The lowest BCUT2D eigenvalue weighted by molar-refractivity contribution is 0.0953. The second kappa shape index (κ2) is 9.19. The third kappa shape index (κ3) is 4.51. The Morgan fingerprint density at radius 2 is 2.15 bits per heavy atom. The predicted octanol–water partition coefficient (Wildman–Crippen LogP) is 2.80. The maximum atomic E-state index is 12.2. The lowest BCUT2D eigenvalue weighted by Crippen LogP contribution is -2.30. The molecule has 1 aromatic heterocycles. The van der Waals surface area contributed by atoms with Crippen molar-refractivity contribution < 1.29 is 14.3 Å². The molecule has 1 aromatic carbocycles. The van der Waals surface area contributed by atoms with E-state index in [0.717, 1.165) is 0 Å². The number of halogens is 1. The standard InChI is InChI=1S/C18H20BrN3O4/c1-4-22-8-6-7-13(18(22)24)17(23)21-20-11-12-9-14(19)16(26-5-2)15(10-12)25-3/h6-11H,4-5H2,1-3H3,(H,21,23)/b20-11-. The SMILES string of the molecule is CCOc1c(Br)cc(/C=N\NC(=O)c2cccn(CC)c2=O)cc1OC. The van der Waals surface area contributed by atoms with E-state index >= 15 is 0 Å². The van der Waals surface area contributed by atoms with Gasteiger partial charge < -0.3 is 14.0 Å². The van der Waals surface area contributed by atoms with Gasteiger partial charge in [0.2, 0.25) is 0 Å². The number of nitrogens with zero attached hydrogens (tertiary/aromatic N) is 2. The first kappa shape index (κ1) is 19.7. The van der Waals surface area contributed by atoms with Crippen LogP contribution in [-0.2, 0) is 6.54 Å². The second-order valence-corrected chi connectivity index (χ2v) is 6.03. The molecule has 7 nitrogen and oxygen atoms in total. The third-order valence-electron chi connectivity index (χ3n) is 3.53. The van der Waals surface area contributed by atoms with Gasteiger partial charge in [0.05, 0.1) is 24.4 Å². The first-order valence-corrected chi connectivity index (χ1v) is 8.84. The molecule has 0 saturated heterocycles. The Morgan fingerprint density at radius 3 is 2.81 bits per heavy atom. The molecule has 0 spiro atoms. The molecule has 0 aliphatic rings. The van der Waals surface area contributed by atoms with Crippen molar-refractivity contribution in [3.63, 3.8) is 0 Å². The zero-order valence-corrected chi connectivity index (χ0v) is 16.4. The highest BCUT2D eigenvalue weighted by Gasteiger charge is 2.12. The number of rotatable bonds is 7. The molecule has 0 radical (unpaired) electrons. The van der Waals surface area contributed by atoms with E-state index in [0.29, 0.717) is 34.7 Å². The number of amides is 1. The van der Waals surface area contributed by atoms with Crippen molar-refractivity contribution in [3.05, 3.63) is 56.4 Å². The lowest BCUT2D eigenvalue weighted by Gasteiger charge is -2.11. The summed E-state index contributed by atoms with van der Waals surface area (Å²) in [6.07, 6.45) is 3.09. The highest BCUT2D eigenvalue weighted by molar-refractivity contribution is 9.10. The van der Waals surface area contributed by atoms with Crippen LogP contribution in [0.3, 0.4) is 0 Å². The van der Waals surface area contributed by atoms with Gasteiger partial charge >= 0.3 is 0 Å². The third-order valence-corrected chi connectivity index (χ3v) is 4.11. The van der Waals surface area contributed by atoms with E-state index < -0.39 is 5.91 Å². The molecule has 2 aromatic rings. The fourth-order valence-corrected chi connectivity index (χ4v) is 2.86. The number of hydrogen-bond donors (Lipinski definition) is 1. The first-order valence-electron chi connectivity index (χ1n) is 8.05. The normalized spacial score (nSPS) is 10.8. The number of carbonyl (C=O) groups excluding carboxylic acids is 1. The highest BCUT2D eigenvalue weighted by Crippen LogP contribution is 2.36. The number of hydrogen-bond acceptors (Lipinski definition) is 5. The average molecular weight is 422 g/mol. The van der Waals surface area contributed by atoms with Gasteiger partial charge in [-0.2, -0.15) is 5.10 Å². The Hall–Kier alpha value is -2.61. The summed E-state index contributed by atoms with van der Waals surface area (Å²) in [6.45, 7) is 4.71. The predicted molar refractivity (Wildman–Crippen MR) is 103 cm³/mol. The van der Waals surface area contributed by atoms with E-state index in [-0.39, 0.29) is 11.1 Å². The number of hydrazone groups is 1. The van der Waals surface area contributed by atoms with Crippen molar-refractivity contribution in [2.45, 2.75) is 20.4 Å². The van der Waals surface area contributed by atoms with Crippen LogP contribution in [0.5, 0.6) is 11.5 Å². The first-order chi connectivity index (χ1) is 12.5. The maximum absolute atomic E-state index is 12.2. The van der Waals surface area contributed by atoms with E-state index in [1.54, 1.807) is 31.5 Å². The zero-order valence-electron chi connectivity index (χ0n) is 14.8.